The number of rotatable bonds is 8. The number of hydrogen-bond acceptors (Lipinski definition) is 13. The molecular weight excluding hydrogens is 629 g/mol. The maximum atomic E-state index is 8.98. The van der Waals surface area contributed by atoms with E-state index >= 15 is 0 Å². The minimum atomic E-state index is -1.75. The summed E-state index contributed by atoms with van der Waals surface area (Å²) in [5, 5.41) is 32.7. The van der Waals surface area contributed by atoms with Gasteiger partial charge in [0, 0.05) is 52.3 Å². The molecule has 232 valence electrons. The van der Waals surface area contributed by atoms with Gasteiger partial charge in [-0.15, -0.1) is 12.4 Å². The highest BCUT2D eigenvalue weighted by atomic mass is 35.5. The number of nitrogens with zero attached hydrogens (tertiary/aromatic N) is 7. The molecule has 0 bridgehead atoms. The molecule has 0 spiro atoms. The number of halogens is 2. The Labute approximate surface area is 263 Å². The van der Waals surface area contributed by atoms with Crippen LogP contribution < -0.4 is 33.0 Å². The lowest BCUT2D eigenvalue weighted by Gasteiger charge is -2.01. The van der Waals surface area contributed by atoms with Crippen molar-refractivity contribution in [3.8, 4) is 0 Å². The van der Waals surface area contributed by atoms with Gasteiger partial charge in [0.05, 0.1) is 26.0 Å². The molecule has 0 saturated heterocycles. The zero-order valence-corrected chi connectivity index (χ0v) is 26.8. The van der Waals surface area contributed by atoms with Gasteiger partial charge in [0.1, 0.15) is 23.3 Å². The quantitative estimate of drug-likeness (QED) is 0.0955. The van der Waals surface area contributed by atoms with E-state index in [9.17, 15) is 0 Å². The van der Waals surface area contributed by atoms with E-state index in [1.165, 1.54) is 9.75 Å². The Morgan fingerprint density at radius 1 is 0.810 bits per heavy atom. The lowest BCUT2D eigenvalue weighted by atomic mass is 10.2. The maximum Gasteiger partial charge on any atom is 0.225 e. The minimum Gasteiger partial charge on any atom is -1.00 e. The predicted octanol–water partition coefficient (Wildman–Crippen LogP) is -1.60. The van der Waals surface area contributed by atoms with E-state index in [0.717, 1.165) is 22.5 Å². The summed E-state index contributed by atoms with van der Waals surface area (Å²) >= 11 is 3.30. The van der Waals surface area contributed by atoms with Crippen molar-refractivity contribution in [2.45, 2.75) is 53.6 Å². The Morgan fingerprint density at radius 2 is 1.14 bits per heavy atom. The number of aliphatic hydroxyl groups excluding tert-OH is 2. The number of nitrogens with two attached hydrogens (primary N) is 2. The van der Waals surface area contributed by atoms with Crippen LogP contribution in [0.5, 0.6) is 0 Å². The normalized spacial score (nSPS) is 9.86. The number of hydrogen-bond donors (Lipinski definition) is 4. The van der Waals surface area contributed by atoms with Crippen LogP contribution in [0.4, 0.5) is 11.6 Å². The first-order chi connectivity index (χ1) is 19.0. The van der Waals surface area contributed by atoms with Crippen LogP contribution in [-0.2, 0) is 25.9 Å². The van der Waals surface area contributed by atoms with E-state index in [2.05, 4.69) is 29.1 Å². The van der Waals surface area contributed by atoms with Crippen molar-refractivity contribution in [3.05, 3.63) is 82.7 Å². The van der Waals surface area contributed by atoms with Crippen LogP contribution >= 0.6 is 35.1 Å². The van der Waals surface area contributed by atoms with E-state index in [1.807, 2.05) is 38.7 Å². The Kier molecular flexibility index (Phi) is 17.5. The van der Waals surface area contributed by atoms with Crippen LogP contribution in [0.15, 0.2) is 23.4 Å². The minimum absolute atomic E-state index is 0. The summed E-state index contributed by atoms with van der Waals surface area (Å²) in [6.07, 6.45) is 4.94. The molecule has 0 aromatic carbocycles. The van der Waals surface area contributed by atoms with Crippen molar-refractivity contribution in [2.24, 2.45) is 0 Å². The van der Waals surface area contributed by atoms with Crippen molar-refractivity contribution in [1.82, 2.24) is 19.9 Å². The van der Waals surface area contributed by atoms with Gasteiger partial charge in [0.15, 0.2) is 24.5 Å². The molecule has 4 heterocycles. The van der Waals surface area contributed by atoms with E-state index < -0.39 is 5.09 Å². The molecule has 0 fully saturated rings. The van der Waals surface area contributed by atoms with Gasteiger partial charge < -0.3 is 49.4 Å². The van der Waals surface area contributed by atoms with Crippen molar-refractivity contribution >= 4 is 46.7 Å². The zero-order valence-electron chi connectivity index (χ0n) is 23.6. The van der Waals surface area contributed by atoms with Crippen molar-refractivity contribution < 1.29 is 36.8 Å². The van der Waals surface area contributed by atoms with E-state index in [1.54, 1.807) is 35.1 Å². The van der Waals surface area contributed by atoms with Gasteiger partial charge in [0.2, 0.25) is 11.0 Å². The molecular formula is C24H35Cl2N9O5S2. The summed E-state index contributed by atoms with van der Waals surface area (Å²) in [5.74, 6) is 2.43. The van der Waals surface area contributed by atoms with E-state index in [-0.39, 0.29) is 38.0 Å². The lowest BCUT2D eigenvalue weighted by Crippen LogP contribution is -3.00. The molecule has 0 saturated carbocycles. The first kappa shape index (κ1) is 38.7. The third-order valence-corrected chi connectivity index (χ3v) is 8.00. The third-order valence-electron chi connectivity index (χ3n) is 5.71. The van der Waals surface area contributed by atoms with Crippen molar-refractivity contribution in [3.63, 3.8) is 0 Å². The van der Waals surface area contributed by atoms with E-state index in [0.29, 0.717) is 49.2 Å². The van der Waals surface area contributed by atoms with Crippen LogP contribution in [-0.4, -0.2) is 48.4 Å². The topological polar surface area (TPSA) is 218 Å². The molecule has 18 heteroatoms. The molecule has 4 aromatic rings. The summed E-state index contributed by atoms with van der Waals surface area (Å²) in [4.78, 5) is 27.3. The molecule has 0 radical (unpaired) electrons. The van der Waals surface area contributed by atoms with Gasteiger partial charge >= 0.3 is 0 Å². The zero-order chi connectivity index (χ0) is 29.8. The van der Waals surface area contributed by atoms with Gasteiger partial charge in [-0.2, -0.15) is 9.13 Å². The number of aliphatic hydroxyl groups is 2. The highest BCUT2D eigenvalue weighted by Crippen LogP contribution is 2.15. The second-order valence-electron chi connectivity index (χ2n) is 8.55. The molecule has 0 atom stereocenters. The maximum absolute atomic E-state index is 8.98. The van der Waals surface area contributed by atoms with Gasteiger partial charge in [-0.25, -0.2) is 19.9 Å². The third kappa shape index (κ3) is 11.9. The Hall–Kier alpha value is -3.28. The molecule has 0 amide bonds. The van der Waals surface area contributed by atoms with E-state index in [4.69, 9.17) is 37.0 Å². The Bertz CT molecular complexity index is 1320. The Balaban J connectivity index is 0.000000682. The number of aryl methyl sites for hydroxylation is 2. The SMILES string of the molecule is Cc1ncc(C[n+]2csc(CCO)c2C)c(N)n1.Cc1ncc(C[n+]2csc(CCO)c2C)c(N)n1.Cl.O=[N+]([O-])[O-].[Cl-]. The molecule has 42 heavy (non-hydrogen) atoms. The molecule has 0 aliphatic heterocycles. The molecule has 4 rings (SSSR count). The molecule has 6 N–H and O–H groups in total. The van der Waals surface area contributed by atoms with Crippen LogP contribution in [0, 0.1) is 43.0 Å². The smallest absolute Gasteiger partial charge is 0.225 e. The second-order valence-corrected chi connectivity index (χ2v) is 10.4. The number of thiazole rings is 2. The van der Waals surface area contributed by atoms with Crippen LogP contribution in [0.25, 0.3) is 0 Å². The first-order valence-electron chi connectivity index (χ1n) is 12.1. The van der Waals surface area contributed by atoms with Gasteiger partial charge in [-0.1, -0.05) is 22.7 Å². The summed E-state index contributed by atoms with van der Waals surface area (Å²) in [6.45, 7) is 9.43. The first-order valence-corrected chi connectivity index (χ1v) is 13.8. The van der Waals surface area contributed by atoms with Gasteiger partial charge in [-0.05, 0) is 13.8 Å². The summed E-state index contributed by atoms with van der Waals surface area (Å²) in [6, 6.07) is 0. The van der Waals surface area contributed by atoms with Crippen molar-refractivity contribution in [2.75, 3.05) is 24.7 Å². The lowest BCUT2D eigenvalue weighted by molar-refractivity contribution is -0.689. The van der Waals surface area contributed by atoms with Gasteiger partial charge in [0.25, 0.3) is 0 Å². The second kappa shape index (κ2) is 19.0. The fourth-order valence-electron chi connectivity index (χ4n) is 3.53. The highest BCUT2D eigenvalue weighted by Gasteiger charge is 2.18. The Morgan fingerprint density at radius 3 is 1.43 bits per heavy atom. The standard InChI is InChI=1S/2C12H17N4OS.2ClH.NO3/c2*1-8-11(3-4-17)18-7-16(8)6-10-5-14-9(2)15-12(10)13;;;2-1(3)4/h2*5,7,17H,3-4,6H2,1-2H3,(H2,13,14,15);2*1H;/q2*+1;;;-1/p-1. The molecule has 0 aliphatic carbocycles. The fraction of sp³-hybridized carbons (Fsp3) is 0.417. The van der Waals surface area contributed by atoms with Crippen molar-refractivity contribution in [1.29, 1.82) is 0 Å². The van der Waals surface area contributed by atoms with Crippen LogP contribution in [0.2, 0.25) is 0 Å². The number of aromatic nitrogens is 6. The average molecular weight is 665 g/mol. The largest absolute Gasteiger partial charge is 1.00 e. The summed E-state index contributed by atoms with van der Waals surface area (Å²) in [7, 11) is 0. The molecule has 4 aromatic heterocycles. The highest BCUT2D eigenvalue weighted by molar-refractivity contribution is 7.09. The molecule has 0 unspecified atom stereocenters. The fourth-order valence-corrected chi connectivity index (χ4v) is 5.50. The summed E-state index contributed by atoms with van der Waals surface area (Å²) in [5.41, 5.74) is 20.0. The molecule has 14 nitrogen and oxygen atoms in total. The predicted molar refractivity (Wildman–Crippen MR) is 158 cm³/mol. The monoisotopic (exact) mass is 663 g/mol. The van der Waals surface area contributed by atoms with Crippen LogP contribution in [0.1, 0.15) is 43.9 Å². The van der Waals surface area contributed by atoms with Crippen LogP contribution in [0.3, 0.4) is 0 Å². The summed E-state index contributed by atoms with van der Waals surface area (Å²) < 4.78 is 4.22. The average Bonchev–Trinajstić information content (AvgIpc) is 3.40. The number of anilines is 2. The number of nitrogen functional groups attached to an aromatic ring is 2. The van der Waals surface area contributed by atoms with Gasteiger partial charge in [-0.3, -0.25) is 0 Å². The molecule has 0 aliphatic rings.